The molecule has 0 bridgehead atoms. The van der Waals surface area contributed by atoms with E-state index >= 15 is 0 Å². The molecule has 1 atom stereocenters. The average Bonchev–Trinajstić information content (AvgIpc) is 3.18. The van der Waals surface area contributed by atoms with E-state index < -0.39 is 12.1 Å². The predicted molar refractivity (Wildman–Crippen MR) is 100 cm³/mol. The van der Waals surface area contributed by atoms with Crippen LogP contribution in [0.25, 0.3) is 0 Å². The van der Waals surface area contributed by atoms with Crippen LogP contribution in [0.2, 0.25) is 0 Å². The van der Waals surface area contributed by atoms with E-state index in [2.05, 4.69) is 10.6 Å². The van der Waals surface area contributed by atoms with Gasteiger partial charge in [-0.15, -0.1) is 0 Å². The molecule has 0 aliphatic carbocycles. The number of aryl methyl sites for hydroxylation is 2. The third-order valence-corrected chi connectivity index (χ3v) is 3.98. The first-order valence-electron chi connectivity index (χ1n) is 8.31. The predicted octanol–water partition coefficient (Wildman–Crippen LogP) is 3.95. The van der Waals surface area contributed by atoms with Gasteiger partial charge in [0.25, 0.3) is 5.91 Å². The fourth-order valence-electron chi connectivity index (χ4n) is 2.48. The monoisotopic (exact) mass is 348 g/mol. The van der Waals surface area contributed by atoms with Gasteiger partial charge in [0.15, 0.2) is 11.9 Å². The lowest BCUT2D eigenvalue weighted by molar-refractivity contribution is 0.0853. The van der Waals surface area contributed by atoms with Gasteiger partial charge in [-0.3, -0.25) is 9.59 Å². The molecule has 1 aromatic heterocycles. The number of hydrogen-bond donors (Lipinski definition) is 2. The van der Waals surface area contributed by atoms with E-state index in [0.29, 0.717) is 5.56 Å². The molecule has 0 fully saturated rings. The highest BCUT2D eigenvalue weighted by molar-refractivity contribution is 6.04. The van der Waals surface area contributed by atoms with Gasteiger partial charge in [-0.25, -0.2) is 0 Å². The molecule has 1 heterocycles. The van der Waals surface area contributed by atoms with Crippen molar-refractivity contribution in [3.63, 3.8) is 0 Å². The van der Waals surface area contributed by atoms with Gasteiger partial charge in [0.1, 0.15) is 0 Å². The van der Waals surface area contributed by atoms with Crippen molar-refractivity contribution in [1.82, 2.24) is 5.32 Å². The molecule has 0 radical (unpaired) electrons. The van der Waals surface area contributed by atoms with Gasteiger partial charge in [0.2, 0.25) is 5.78 Å². The van der Waals surface area contributed by atoms with E-state index in [-0.39, 0.29) is 11.5 Å². The zero-order chi connectivity index (χ0) is 18.5. The van der Waals surface area contributed by atoms with Crippen LogP contribution in [-0.4, -0.2) is 17.9 Å². The van der Waals surface area contributed by atoms with Crippen molar-refractivity contribution >= 4 is 17.4 Å². The van der Waals surface area contributed by atoms with Crippen LogP contribution in [0.3, 0.4) is 0 Å². The molecule has 0 aliphatic rings. The first-order chi connectivity index (χ1) is 12.5. The number of nitrogens with one attached hydrogen (secondary N) is 2. The van der Waals surface area contributed by atoms with E-state index in [1.165, 1.54) is 6.26 Å². The van der Waals surface area contributed by atoms with Crippen molar-refractivity contribution in [3.05, 3.63) is 89.4 Å². The molecule has 0 unspecified atom stereocenters. The molecule has 3 rings (SSSR count). The lowest BCUT2D eigenvalue weighted by atomic mass is 10.1. The Balaban J connectivity index is 1.84. The highest BCUT2D eigenvalue weighted by Crippen LogP contribution is 2.13. The number of benzene rings is 2. The van der Waals surface area contributed by atoms with Crippen molar-refractivity contribution < 1.29 is 14.0 Å². The molecule has 2 N–H and O–H groups in total. The maximum Gasteiger partial charge on any atom is 0.288 e. The van der Waals surface area contributed by atoms with Crippen LogP contribution < -0.4 is 10.6 Å². The maximum absolute atomic E-state index is 12.9. The Labute approximate surface area is 152 Å². The summed E-state index contributed by atoms with van der Waals surface area (Å²) in [5.74, 6) is -0.539. The minimum Gasteiger partial charge on any atom is -0.459 e. The van der Waals surface area contributed by atoms with Crippen molar-refractivity contribution in [2.75, 3.05) is 5.32 Å². The minimum absolute atomic E-state index is 0.150. The molecule has 0 aliphatic heterocycles. The molecule has 3 aromatic rings. The molecule has 1 amide bonds. The largest absolute Gasteiger partial charge is 0.459 e. The summed E-state index contributed by atoms with van der Waals surface area (Å²) in [5.41, 5.74) is 3.42. The molecule has 2 aromatic carbocycles. The van der Waals surface area contributed by atoms with Crippen LogP contribution >= 0.6 is 0 Å². The number of ketones is 1. The van der Waals surface area contributed by atoms with Crippen molar-refractivity contribution in [2.24, 2.45) is 0 Å². The second-order valence-corrected chi connectivity index (χ2v) is 6.12. The van der Waals surface area contributed by atoms with Gasteiger partial charge in [-0.05, 0) is 38.1 Å². The second kappa shape index (κ2) is 7.70. The Morgan fingerprint density at radius 2 is 1.50 bits per heavy atom. The standard InChI is InChI=1S/C21H20N2O3/c1-14-5-9-16(10-6-14)19(24)20(22-17-11-7-15(2)8-12-17)23-21(25)18-4-3-13-26-18/h3-13,20,22H,1-2H3,(H,23,25)/t20-/m1/s1. The number of hydrogen-bond acceptors (Lipinski definition) is 4. The summed E-state index contributed by atoms with van der Waals surface area (Å²) in [6.07, 6.45) is 0.497. The molecule has 0 saturated carbocycles. The minimum atomic E-state index is -0.919. The van der Waals surface area contributed by atoms with Crippen LogP contribution in [0, 0.1) is 13.8 Å². The Morgan fingerprint density at radius 3 is 2.08 bits per heavy atom. The number of carbonyl (C=O) groups is 2. The summed E-state index contributed by atoms with van der Waals surface area (Å²) in [6.45, 7) is 3.94. The first kappa shape index (κ1) is 17.5. The Bertz CT molecular complexity index is 882. The number of amides is 1. The van der Waals surface area contributed by atoms with E-state index in [9.17, 15) is 9.59 Å². The van der Waals surface area contributed by atoms with Crippen LogP contribution in [0.15, 0.2) is 71.3 Å². The van der Waals surface area contributed by atoms with Crippen molar-refractivity contribution in [1.29, 1.82) is 0 Å². The molecule has 0 saturated heterocycles. The van der Waals surface area contributed by atoms with Crippen molar-refractivity contribution in [2.45, 2.75) is 20.0 Å². The highest BCUT2D eigenvalue weighted by Gasteiger charge is 2.23. The first-order valence-corrected chi connectivity index (χ1v) is 8.31. The van der Waals surface area contributed by atoms with Gasteiger partial charge in [0, 0.05) is 11.3 Å². The van der Waals surface area contributed by atoms with Gasteiger partial charge in [0.05, 0.1) is 6.26 Å². The molecular weight excluding hydrogens is 328 g/mol. The number of carbonyl (C=O) groups excluding carboxylic acids is 2. The summed E-state index contributed by atoms with van der Waals surface area (Å²) in [6, 6.07) is 18.0. The fraction of sp³-hybridized carbons (Fsp3) is 0.143. The summed E-state index contributed by atoms with van der Waals surface area (Å²) < 4.78 is 5.11. The smallest absolute Gasteiger partial charge is 0.288 e. The lowest BCUT2D eigenvalue weighted by Crippen LogP contribution is -2.46. The van der Waals surface area contributed by atoms with Crippen LogP contribution in [0.5, 0.6) is 0 Å². The Morgan fingerprint density at radius 1 is 0.885 bits per heavy atom. The fourth-order valence-corrected chi connectivity index (χ4v) is 2.48. The number of furan rings is 1. The third-order valence-electron chi connectivity index (χ3n) is 3.98. The van der Waals surface area contributed by atoms with E-state index in [0.717, 1.165) is 16.8 Å². The molecule has 5 heteroatoms. The van der Waals surface area contributed by atoms with E-state index in [1.54, 1.807) is 24.3 Å². The molecule has 0 spiro atoms. The van der Waals surface area contributed by atoms with Gasteiger partial charge < -0.3 is 15.1 Å². The highest BCUT2D eigenvalue weighted by atomic mass is 16.3. The third kappa shape index (κ3) is 4.19. The van der Waals surface area contributed by atoms with Crippen molar-refractivity contribution in [3.8, 4) is 0 Å². The SMILES string of the molecule is Cc1ccc(N[C@H](NC(=O)c2ccco2)C(=O)c2ccc(C)cc2)cc1. The lowest BCUT2D eigenvalue weighted by Gasteiger charge is -2.20. The summed E-state index contributed by atoms with van der Waals surface area (Å²) in [5, 5.41) is 5.79. The zero-order valence-electron chi connectivity index (χ0n) is 14.7. The quantitative estimate of drug-likeness (QED) is 0.523. The summed E-state index contributed by atoms with van der Waals surface area (Å²) in [7, 11) is 0. The summed E-state index contributed by atoms with van der Waals surface area (Å²) >= 11 is 0. The van der Waals surface area contributed by atoms with Crippen LogP contribution in [0.1, 0.15) is 32.0 Å². The van der Waals surface area contributed by atoms with Crippen LogP contribution in [-0.2, 0) is 0 Å². The van der Waals surface area contributed by atoms with Gasteiger partial charge in [-0.1, -0.05) is 47.5 Å². The van der Waals surface area contributed by atoms with Gasteiger partial charge >= 0.3 is 0 Å². The molecular formula is C21H20N2O3. The maximum atomic E-state index is 12.9. The van der Waals surface area contributed by atoms with E-state index in [1.807, 2.05) is 50.2 Å². The normalized spacial score (nSPS) is 11.6. The second-order valence-electron chi connectivity index (χ2n) is 6.12. The average molecular weight is 348 g/mol. The molecule has 26 heavy (non-hydrogen) atoms. The summed E-state index contributed by atoms with van der Waals surface area (Å²) in [4.78, 5) is 25.3. The Kier molecular flexibility index (Phi) is 5.17. The van der Waals surface area contributed by atoms with Gasteiger partial charge in [-0.2, -0.15) is 0 Å². The number of Topliss-reactive ketones (excluding diaryl/α,β-unsaturated/α-hetero) is 1. The number of rotatable bonds is 6. The topological polar surface area (TPSA) is 71.3 Å². The number of anilines is 1. The van der Waals surface area contributed by atoms with Crippen LogP contribution in [0.4, 0.5) is 5.69 Å². The van der Waals surface area contributed by atoms with E-state index in [4.69, 9.17) is 4.42 Å². The molecule has 132 valence electrons. The zero-order valence-corrected chi connectivity index (χ0v) is 14.7. The Hall–Kier alpha value is -3.34. The molecule has 5 nitrogen and oxygen atoms in total.